The number of nitrogens with zero attached hydrogens (tertiary/aromatic N) is 2. The highest BCUT2D eigenvalue weighted by Crippen LogP contribution is 2.55. The van der Waals surface area contributed by atoms with Gasteiger partial charge in [-0.25, -0.2) is 5.01 Å². The summed E-state index contributed by atoms with van der Waals surface area (Å²) in [5.74, 6) is 1.71. The van der Waals surface area contributed by atoms with Crippen molar-refractivity contribution in [3.63, 3.8) is 0 Å². The SMILES string of the molecule is COc1ccc(C2(c3ccc(OC)cc3)c3ccccc3N3C(=O)CN32)cc1. The maximum Gasteiger partial charge on any atom is 0.257 e. The van der Waals surface area contributed by atoms with Crippen molar-refractivity contribution in [2.75, 3.05) is 25.8 Å². The maximum absolute atomic E-state index is 12.5. The number of ether oxygens (including phenoxy) is 2. The number of hydrazine groups is 1. The smallest absolute Gasteiger partial charge is 0.257 e. The van der Waals surface area contributed by atoms with Crippen LogP contribution < -0.4 is 14.5 Å². The van der Waals surface area contributed by atoms with E-state index in [1.165, 1.54) is 0 Å². The first-order chi connectivity index (χ1) is 13.7. The quantitative estimate of drug-likeness (QED) is 0.702. The molecule has 5 rings (SSSR count). The van der Waals surface area contributed by atoms with Crippen LogP contribution in [0, 0.1) is 0 Å². The molecule has 3 aromatic carbocycles. The summed E-state index contributed by atoms with van der Waals surface area (Å²) < 4.78 is 10.7. The zero-order valence-electron chi connectivity index (χ0n) is 15.8. The van der Waals surface area contributed by atoms with Gasteiger partial charge in [0.2, 0.25) is 0 Å². The van der Waals surface area contributed by atoms with Gasteiger partial charge in [0.05, 0.1) is 19.9 Å². The van der Waals surface area contributed by atoms with Crippen LogP contribution in [0.15, 0.2) is 72.8 Å². The molecule has 28 heavy (non-hydrogen) atoms. The Hall–Kier alpha value is -3.31. The average molecular weight is 372 g/mol. The van der Waals surface area contributed by atoms with Crippen molar-refractivity contribution in [2.45, 2.75) is 5.54 Å². The van der Waals surface area contributed by atoms with E-state index >= 15 is 0 Å². The summed E-state index contributed by atoms with van der Waals surface area (Å²) in [6.45, 7) is 0.368. The fraction of sp³-hybridized carbons (Fsp3) is 0.174. The Morgan fingerprint density at radius 1 is 0.786 bits per heavy atom. The lowest BCUT2D eigenvalue weighted by atomic mass is 9.77. The molecule has 0 aromatic heterocycles. The number of methoxy groups -OCH3 is 2. The number of carbonyl (C=O) groups is 1. The van der Waals surface area contributed by atoms with Gasteiger partial charge in [-0.15, -0.1) is 0 Å². The molecule has 140 valence electrons. The Kier molecular flexibility index (Phi) is 3.67. The van der Waals surface area contributed by atoms with Gasteiger partial charge in [-0.1, -0.05) is 42.5 Å². The highest BCUT2D eigenvalue weighted by molar-refractivity contribution is 6.03. The van der Waals surface area contributed by atoms with Crippen LogP contribution >= 0.6 is 0 Å². The second-order valence-electron chi connectivity index (χ2n) is 6.95. The van der Waals surface area contributed by atoms with Gasteiger partial charge >= 0.3 is 0 Å². The van der Waals surface area contributed by atoms with E-state index in [1.54, 1.807) is 19.2 Å². The number of carbonyl (C=O) groups excluding carboxylic acids is 1. The molecule has 0 aliphatic carbocycles. The first kappa shape index (κ1) is 16.8. The Morgan fingerprint density at radius 3 is 1.82 bits per heavy atom. The summed E-state index contributed by atoms with van der Waals surface area (Å²) in [6, 6.07) is 24.3. The largest absolute Gasteiger partial charge is 0.497 e. The van der Waals surface area contributed by atoms with Crippen LogP contribution in [0.2, 0.25) is 0 Å². The van der Waals surface area contributed by atoms with E-state index < -0.39 is 5.54 Å². The van der Waals surface area contributed by atoms with E-state index in [1.807, 2.05) is 42.5 Å². The van der Waals surface area contributed by atoms with Crippen LogP contribution in [0.1, 0.15) is 16.7 Å². The van der Waals surface area contributed by atoms with Gasteiger partial charge in [0, 0.05) is 5.56 Å². The molecule has 0 spiro atoms. The molecule has 5 nitrogen and oxygen atoms in total. The van der Waals surface area contributed by atoms with Gasteiger partial charge in [0.15, 0.2) is 0 Å². The van der Waals surface area contributed by atoms with Crippen molar-refractivity contribution in [1.82, 2.24) is 5.01 Å². The third-order valence-electron chi connectivity index (χ3n) is 5.69. The van der Waals surface area contributed by atoms with Crippen molar-refractivity contribution in [3.05, 3.63) is 89.5 Å². The molecule has 0 saturated carbocycles. The Bertz CT molecular complexity index is 997. The molecule has 0 atom stereocenters. The second kappa shape index (κ2) is 6.11. The summed E-state index contributed by atoms with van der Waals surface area (Å²) in [5, 5.41) is 3.94. The Morgan fingerprint density at radius 2 is 1.32 bits per heavy atom. The number of rotatable bonds is 4. The van der Waals surface area contributed by atoms with Crippen molar-refractivity contribution in [1.29, 1.82) is 0 Å². The van der Waals surface area contributed by atoms with Crippen LogP contribution in [-0.4, -0.2) is 31.7 Å². The standard InChI is InChI=1S/C23H20N2O3/c1-27-18-11-7-16(8-12-18)23(17-9-13-19(28-2)14-10-17)20-5-3-4-6-21(20)25-22(26)15-24(23)25/h3-14H,15H2,1-2H3. The van der Waals surface area contributed by atoms with E-state index in [2.05, 4.69) is 35.3 Å². The second-order valence-corrected chi connectivity index (χ2v) is 6.95. The average Bonchev–Trinajstić information content (AvgIpc) is 2.99. The fourth-order valence-electron chi connectivity index (χ4n) is 4.40. The minimum absolute atomic E-state index is 0.108. The number of amides is 1. The topological polar surface area (TPSA) is 42.0 Å². The number of hydrogen-bond donors (Lipinski definition) is 0. The molecular formula is C23H20N2O3. The van der Waals surface area contributed by atoms with Crippen LogP contribution in [0.5, 0.6) is 11.5 Å². The Balaban J connectivity index is 1.79. The van der Waals surface area contributed by atoms with E-state index in [9.17, 15) is 4.79 Å². The molecule has 3 aromatic rings. The van der Waals surface area contributed by atoms with Crippen LogP contribution in [0.25, 0.3) is 0 Å². The lowest BCUT2D eigenvalue weighted by molar-refractivity contribution is -0.134. The first-order valence-corrected chi connectivity index (χ1v) is 9.19. The summed E-state index contributed by atoms with van der Waals surface area (Å²) in [6.07, 6.45) is 0. The molecule has 2 aliphatic heterocycles. The van der Waals surface area contributed by atoms with Crippen molar-refractivity contribution >= 4 is 11.6 Å². The van der Waals surface area contributed by atoms with E-state index in [0.717, 1.165) is 33.9 Å². The molecule has 0 radical (unpaired) electrons. The number of para-hydroxylation sites is 1. The van der Waals surface area contributed by atoms with E-state index in [4.69, 9.17) is 9.47 Å². The minimum atomic E-state index is -0.580. The molecule has 1 fully saturated rings. The highest BCUT2D eigenvalue weighted by atomic mass is 16.5. The van der Waals surface area contributed by atoms with Crippen molar-refractivity contribution in [2.24, 2.45) is 0 Å². The molecule has 0 bridgehead atoms. The lowest BCUT2D eigenvalue weighted by Crippen LogP contribution is -2.65. The predicted molar refractivity (Wildman–Crippen MR) is 107 cm³/mol. The van der Waals surface area contributed by atoms with Crippen molar-refractivity contribution < 1.29 is 14.3 Å². The van der Waals surface area contributed by atoms with Gasteiger partial charge in [0.25, 0.3) is 5.91 Å². The monoisotopic (exact) mass is 372 g/mol. The third-order valence-corrected chi connectivity index (χ3v) is 5.69. The number of anilines is 1. The van der Waals surface area contributed by atoms with Gasteiger partial charge in [-0.2, -0.15) is 5.01 Å². The predicted octanol–water partition coefficient (Wildman–Crippen LogP) is 3.57. The lowest BCUT2D eigenvalue weighted by Gasteiger charge is -2.48. The van der Waals surface area contributed by atoms with Gasteiger partial charge in [-0.05, 0) is 41.5 Å². The summed E-state index contributed by atoms with van der Waals surface area (Å²) in [4.78, 5) is 12.5. The normalized spacial score (nSPS) is 16.9. The minimum Gasteiger partial charge on any atom is -0.497 e. The number of hydrogen-bond acceptors (Lipinski definition) is 4. The fourth-order valence-corrected chi connectivity index (χ4v) is 4.40. The molecule has 2 aliphatic rings. The van der Waals surface area contributed by atoms with Crippen LogP contribution in [-0.2, 0) is 10.3 Å². The molecule has 0 unspecified atom stereocenters. The number of benzene rings is 3. The van der Waals surface area contributed by atoms with Gasteiger partial charge in [-0.3, -0.25) is 4.79 Å². The van der Waals surface area contributed by atoms with Crippen LogP contribution in [0.3, 0.4) is 0 Å². The molecule has 2 heterocycles. The maximum atomic E-state index is 12.5. The van der Waals surface area contributed by atoms with Gasteiger partial charge < -0.3 is 9.47 Å². The zero-order valence-corrected chi connectivity index (χ0v) is 15.8. The van der Waals surface area contributed by atoms with E-state index in [0.29, 0.717) is 6.54 Å². The Labute approximate surface area is 163 Å². The third kappa shape index (κ3) is 2.08. The van der Waals surface area contributed by atoms with E-state index in [-0.39, 0.29) is 5.91 Å². The summed E-state index contributed by atoms with van der Waals surface area (Å²) >= 11 is 0. The number of fused-ring (bicyclic) bond motifs is 3. The molecule has 0 N–H and O–H groups in total. The summed E-state index contributed by atoms with van der Waals surface area (Å²) in [5.41, 5.74) is 3.62. The van der Waals surface area contributed by atoms with Gasteiger partial charge in [0.1, 0.15) is 23.6 Å². The zero-order chi connectivity index (χ0) is 19.3. The molecule has 5 heteroatoms. The summed E-state index contributed by atoms with van der Waals surface area (Å²) in [7, 11) is 3.32. The molecule has 1 amide bonds. The van der Waals surface area contributed by atoms with Crippen molar-refractivity contribution in [3.8, 4) is 11.5 Å². The molecular weight excluding hydrogens is 352 g/mol. The highest BCUT2D eigenvalue weighted by Gasteiger charge is 2.59. The van der Waals surface area contributed by atoms with Crippen LogP contribution in [0.4, 0.5) is 5.69 Å². The molecule has 1 saturated heterocycles. The first-order valence-electron chi connectivity index (χ1n) is 9.19.